The number of likely N-dealkylation sites (tertiary alicyclic amines) is 1. The van der Waals surface area contributed by atoms with Crippen LogP contribution in [0.5, 0.6) is 0 Å². The van der Waals surface area contributed by atoms with Crippen molar-refractivity contribution in [3.8, 4) is 0 Å². The zero-order valence-corrected chi connectivity index (χ0v) is 9.53. The van der Waals surface area contributed by atoms with Gasteiger partial charge in [-0.25, -0.2) is 0 Å². The van der Waals surface area contributed by atoms with Gasteiger partial charge in [-0.3, -0.25) is 4.90 Å². The highest BCUT2D eigenvalue weighted by Crippen LogP contribution is 2.21. The quantitative estimate of drug-likeness (QED) is 0.696. The number of piperidine rings is 1. The van der Waals surface area contributed by atoms with Crippen molar-refractivity contribution in [2.24, 2.45) is 5.41 Å². The lowest BCUT2D eigenvalue weighted by atomic mass is 9.88. The lowest BCUT2D eigenvalue weighted by molar-refractivity contribution is -0.000408. The van der Waals surface area contributed by atoms with Crippen LogP contribution in [0.2, 0.25) is 0 Å². The molecule has 0 aromatic rings. The van der Waals surface area contributed by atoms with Crippen molar-refractivity contribution >= 4 is 0 Å². The molecule has 0 aliphatic carbocycles. The summed E-state index contributed by atoms with van der Waals surface area (Å²) < 4.78 is 0. The standard InChI is InChI=1S/C11H23NO2/c1-11(2,3)10(14)8-12-6-4-5-9(13)7-12/h9-10,13-14H,4-8H2,1-3H3. The van der Waals surface area contributed by atoms with E-state index in [2.05, 4.69) is 4.90 Å². The molecule has 1 heterocycles. The van der Waals surface area contributed by atoms with E-state index in [9.17, 15) is 10.2 Å². The first-order valence-electron chi connectivity index (χ1n) is 5.48. The van der Waals surface area contributed by atoms with E-state index in [0.29, 0.717) is 13.1 Å². The van der Waals surface area contributed by atoms with E-state index in [1.54, 1.807) is 0 Å². The van der Waals surface area contributed by atoms with Gasteiger partial charge in [0.05, 0.1) is 12.2 Å². The SMILES string of the molecule is CC(C)(C)C(O)CN1CCCC(O)C1. The van der Waals surface area contributed by atoms with Crippen molar-refractivity contribution in [1.29, 1.82) is 0 Å². The highest BCUT2D eigenvalue weighted by molar-refractivity contribution is 4.79. The summed E-state index contributed by atoms with van der Waals surface area (Å²) in [5.41, 5.74) is -0.0671. The smallest absolute Gasteiger partial charge is 0.0715 e. The van der Waals surface area contributed by atoms with Gasteiger partial charge in [-0.05, 0) is 24.8 Å². The third-order valence-electron chi connectivity index (χ3n) is 2.91. The maximum atomic E-state index is 9.90. The Morgan fingerprint density at radius 2 is 2.07 bits per heavy atom. The molecule has 1 aliphatic heterocycles. The molecule has 0 saturated carbocycles. The fourth-order valence-electron chi connectivity index (χ4n) is 1.72. The van der Waals surface area contributed by atoms with Crippen molar-refractivity contribution in [1.82, 2.24) is 4.90 Å². The predicted octanol–water partition coefficient (Wildman–Crippen LogP) is 0.850. The van der Waals surface area contributed by atoms with E-state index >= 15 is 0 Å². The van der Waals surface area contributed by atoms with Gasteiger partial charge in [0.25, 0.3) is 0 Å². The molecule has 0 amide bonds. The molecule has 1 fully saturated rings. The molecule has 2 atom stereocenters. The Bertz CT molecular complexity index is 177. The first-order valence-corrected chi connectivity index (χ1v) is 5.48. The number of β-amino-alcohol motifs (C(OH)–C–C–N with tert-alkyl or cyclic N) is 2. The average Bonchev–Trinajstić information content (AvgIpc) is 2.02. The summed E-state index contributed by atoms with van der Waals surface area (Å²) in [5.74, 6) is 0. The molecule has 84 valence electrons. The first kappa shape index (κ1) is 12.0. The van der Waals surface area contributed by atoms with E-state index < -0.39 is 0 Å². The van der Waals surface area contributed by atoms with Crippen LogP contribution in [0.4, 0.5) is 0 Å². The van der Waals surface area contributed by atoms with Gasteiger partial charge in [0.1, 0.15) is 0 Å². The van der Waals surface area contributed by atoms with Crippen LogP contribution in [0.1, 0.15) is 33.6 Å². The van der Waals surface area contributed by atoms with Gasteiger partial charge in [0.15, 0.2) is 0 Å². The number of hydrogen-bond acceptors (Lipinski definition) is 3. The largest absolute Gasteiger partial charge is 0.392 e. The minimum absolute atomic E-state index is 0.0671. The molecule has 2 unspecified atom stereocenters. The first-order chi connectivity index (χ1) is 6.39. The van der Waals surface area contributed by atoms with E-state index in [4.69, 9.17) is 0 Å². The summed E-state index contributed by atoms with van der Waals surface area (Å²) in [7, 11) is 0. The van der Waals surface area contributed by atoms with E-state index in [1.165, 1.54) is 0 Å². The lowest BCUT2D eigenvalue weighted by Gasteiger charge is -2.35. The molecule has 3 heteroatoms. The van der Waals surface area contributed by atoms with Gasteiger partial charge in [0, 0.05) is 13.1 Å². The molecule has 0 radical (unpaired) electrons. The molecule has 0 aromatic heterocycles. The third kappa shape index (κ3) is 3.56. The summed E-state index contributed by atoms with van der Waals surface area (Å²) in [6, 6.07) is 0. The van der Waals surface area contributed by atoms with Crippen LogP contribution >= 0.6 is 0 Å². The Morgan fingerprint density at radius 3 is 2.57 bits per heavy atom. The molecule has 14 heavy (non-hydrogen) atoms. The molecule has 0 spiro atoms. The Morgan fingerprint density at radius 1 is 1.43 bits per heavy atom. The average molecular weight is 201 g/mol. The summed E-state index contributed by atoms with van der Waals surface area (Å²) in [6.45, 7) is 8.52. The zero-order chi connectivity index (χ0) is 10.8. The van der Waals surface area contributed by atoms with Crippen molar-refractivity contribution in [2.75, 3.05) is 19.6 Å². The van der Waals surface area contributed by atoms with E-state index in [1.807, 2.05) is 20.8 Å². The highest BCUT2D eigenvalue weighted by Gasteiger charge is 2.26. The van der Waals surface area contributed by atoms with Gasteiger partial charge >= 0.3 is 0 Å². The van der Waals surface area contributed by atoms with Crippen LogP contribution in [0.25, 0.3) is 0 Å². The molecule has 1 aliphatic rings. The second-order valence-electron chi connectivity index (χ2n) is 5.44. The maximum Gasteiger partial charge on any atom is 0.0715 e. The van der Waals surface area contributed by atoms with Gasteiger partial charge in [-0.2, -0.15) is 0 Å². The summed E-state index contributed by atoms with van der Waals surface area (Å²) in [4.78, 5) is 2.16. The van der Waals surface area contributed by atoms with E-state index in [0.717, 1.165) is 19.4 Å². The monoisotopic (exact) mass is 201 g/mol. The topological polar surface area (TPSA) is 43.7 Å². The van der Waals surface area contributed by atoms with Crippen LogP contribution in [0, 0.1) is 5.41 Å². The fourth-order valence-corrected chi connectivity index (χ4v) is 1.72. The molecule has 3 nitrogen and oxygen atoms in total. The van der Waals surface area contributed by atoms with Crippen molar-refractivity contribution in [3.63, 3.8) is 0 Å². The summed E-state index contributed by atoms with van der Waals surface area (Å²) in [6.07, 6.45) is 1.43. The number of aliphatic hydroxyl groups excluding tert-OH is 2. The molecular formula is C11H23NO2. The van der Waals surface area contributed by atoms with Crippen LogP contribution in [0.15, 0.2) is 0 Å². The molecule has 1 saturated heterocycles. The van der Waals surface area contributed by atoms with Gasteiger partial charge in [-0.15, -0.1) is 0 Å². The van der Waals surface area contributed by atoms with Gasteiger partial charge < -0.3 is 10.2 Å². The fraction of sp³-hybridized carbons (Fsp3) is 1.00. The minimum Gasteiger partial charge on any atom is -0.392 e. The Labute approximate surface area is 86.7 Å². The third-order valence-corrected chi connectivity index (χ3v) is 2.91. The van der Waals surface area contributed by atoms with Crippen LogP contribution < -0.4 is 0 Å². The van der Waals surface area contributed by atoms with Gasteiger partial charge in [-0.1, -0.05) is 20.8 Å². The normalized spacial score (nSPS) is 27.6. The minimum atomic E-state index is -0.312. The predicted molar refractivity (Wildman–Crippen MR) is 57.1 cm³/mol. The van der Waals surface area contributed by atoms with E-state index in [-0.39, 0.29) is 17.6 Å². The molecule has 0 bridgehead atoms. The van der Waals surface area contributed by atoms with Gasteiger partial charge in [0.2, 0.25) is 0 Å². The van der Waals surface area contributed by atoms with Crippen LogP contribution in [-0.4, -0.2) is 47.0 Å². The molecular weight excluding hydrogens is 178 g/mol. The van der Waals surface area contributed by atoms with Crippen molar-refractivity contribution < 1.29 is 10.2 Å². The lowest BCUT2D eigenvalue weighted by Crippen LogP contribution is -2.45. The summed E-state index contributed by atoms with van der Waals surface area (Å²) >= 11 is 0. The molecule has 1 rings (SSSR count). The number of hydrogen-bond donors (Lipinski definition) is 2. The number of rotatable bonds is 2. The van der Waals surface area contributed by atoms with Crippen molar-refractivity contribution in [2.45, 2.75) is 45.8 Å². The Kier molecular flexibility index (Phi) is 3.93. The second-order valence-corrected chi connectivity index (χ2v) is 5.44. The van der Waals surface area contributed by atoms with Crippen LogP contribution in [0.3, 0.4) is 0 Å². The summed E-state index contributed by atoms with van der Waals surface area (Å²) in [5, 5.41) is 19.4. The Balaban J connectivity index is 2.36. The molecule has 0 aromatic carbocycles. The van der Waals surface area contributed by atoms with Crippen LogP contribution in [-0.2, 0) is 0 Å². The second kappa shape index (κ2) is 4.60. The maximum absolute atomic E-state index is 9.90. The zero-order valence-electron chi connectivity index (χ0n) is 9.53. The highest BCUT2D eigenvalue weighted by atomic mass is 16.3. The Hall–Kier alpha value is -0.120. The van der Waals surface area contributed by atoms with Crippen molar-refractivity contribution in [3.05, 3.63) is 0 Å². The number of nitrogens with zero attached hydrogens (tertiary/aromatic N) is 1. The molecule has 2 N–H and O–H groups in total. The number of aliphatic hydroxyl groups is 2.